The van der Waals surface area contributed by atoms with Gasteiger partial charge in [0.15, 0.2) is 0 Å². The molecule has 110 valence electrons. The van der Waals surface area contributed by atoms with E-state index in [2.05, 4.69) is 40.6 Å². The molecule has 2 heterocycles. The van der Waals surface area contributed by atoms with Gasteiger partial charge >= 0.3 is 0 Å². The minimum Gasteiger partial charge on any atom is -0.378 e. The third-order valence-corrected chi connectivity index (χ3v) is 3.96. The fraction of sp³-hybridized carbons (Fsp3) is 0.615. The molecule has 0 bridgehead atoms. The van der Waals surface area contributed by atoms with Crippen LogP contribution in [0.15, 0.2) is 4.52 Å². The van der Waals surface area contributed by atoms with Crippen molar-refractivity contribution >= 4 is 16.5 Å². The minimum absolute atomic E-state index is 0.107. The highest BCUT2D eigenvalue weighted by atomic mass is 32.1. The minimum atomic E-state index is -0.218. The van der Waals surface area contributed by atoms with E-state index in [1.165, 1.54) is 11.5 Å². The number of nitrogens with zero attached hydrogens (tertiary/aromatic N) is 3. The van der Waals surface area contributed by atoms with Gasteiger partial charge in [-0.15, -0.1) is 0 Å². The SMILES string of the molecule is CNc1snc(C)c1-c1nc(C(OC)C(C)(C)C)no1. The molecule has 1 atom stereocenters. The lowest BCUT2D eigenvalue weighted by Gasteiger charge is -2.26. The Bertz CT molecular complexity index is 585. The number of hydrogen-bond acceptors (Lipinski definition) is 7. The highest BCUT2D eigenvalue weighted by molar-refractivity contribution is 7.10. The predicted molar refractivity (Wildman–Crippen MR) is 78.9 cm³/mol. The number of anilines is 1. The second-order valence-corrected chi connectivity index (χ2v) is 6.44. The van der Waals surface area contributed by atoms with Gasteiger partial charge in [0, 0.05) is 14.2 Å². The zero-order valence-electron chi connectivity index (χ0n) is 12.6. The van der Waals surface area contributed by atoms with Crippen molar-refractivity contribution in [3.63, 3.8) is 0 Å². The van der Waals surface area contributed by atoms with E-state index >= 15 is 0 Å². The number of ether oxygens (including phenoxy) is 1. The Kier molecular flexibility index (Phi) is 4.10. The van der Waals surface area contributed by atoms with E-state index in [0.717, 1.165) is 16.3 Å². The molecule has 7 heteroatoms. The van der Waals surface area contributed by atoms with E-state index in [1.807, 2.05) is 14.0 Å². The Morgan fingerprint density at radius 2 is 2.05 bits per heavy atom. The Morgan fingerprint density at radius 1 is 1.35 bits per heavy atom. The van der Waals surface area contributed by atoms with Crippen LogP contribution in [0.1, 0.15) is 38.4 Å². The van der Waals surface area contributed by atoms with Crippen LogP contribution in [0.5, 0.6) is 0 Å². The van der Waals surface area contributed by atoms with Crippen LogP contribution in [0.3, 0.4) is 0 Å². The van der Waals surface area contributed by atoms with Crippen LogP contribution >= 0.6 is 11.5 Å². The quantitative estimate of drug-likeness (QED) is 0.933. The smallest absolute Gasteiger partial charge is 0.262 e. The van der Waals surface area contributed by atoms with Crippen molar-refractivity contribution in [2.75, 3.05) is 19.5 Å². The first-order valence-electron chi connectivity index (χ1n) is 6.39. The van der Waals surface area contributed by atoms with Gasteiger partial charge in [-0.05, 0) is 23.9 Å². The summed E-state index contributed by atoms with van der Waals surface area (Å²) in [6, 6.07) is 0. The highest BCUT2D eigenvalue weighted by Crippen LogP contribution is 2.37. The molecule has 2 aromatic rings. The Labute approximate surface area is 122 Å². The maximum atomic E-state index is 5.50. The molecule has 1 N–H and O–H groups in total. The number of aromatic nitrogens is 3. The summed E-state index contributed by atoms with van der Waals surface area (Å²) in [4.78, 5) is 4.48. The van der Waals surface area contributed by atoms with Gasteiger partial charge in [-0.3, -0.25) is 0 Å². The van der Waals surface area contributed by atoms with Gasteiger partial charge in [0.05, 0.1) is 11.3 Å². The zero-order valence-corrected chi connectivity index (χ0v) is 13.5. The number of methoxy groups -OCH3 is 1. The molecule has 2 rings (SSSR count). The molecule has 0 spiro atoms. The lowest BCUT2D eigenvalue weighted by atomic mass is 9.88. The zero-order chi connectivity index (χ0) is 14.9. The van der Waals surface area contributed by atoms with Crippen LogP contribution in [0.25, 0.3) is 11.5 Å². The van der Waals surface area contributed by atoms with E-state index in [0.29, 0.717) is 11.7 Å². The molecule has 1 unspecified atom stereocenters. The standard InChI is InChI=1S/C13H20N4O2S/c1-7-8(12(14-5)20-17-7)11-15-10(16-19-11)9(18-6)13(2,3)4/h9,14H,1-6H3. The molecule has 2 aromatic heterocycles. The van der Waals surface area contributed by atoms with E-state index in [9.17, 15) is 0 Å². The van der Waals surface area contributed by atoms with Gasteiger partial charge in [0.1, 0.15) is 11.1 Å². The number of nitrogens with one attached hydrogen (secondary N) is 1. The average molecular weight is 296 g/mol. The maximum absolute atomic E-state index is 5.50. The summed E-state index contributed by atoms with van der Waals surface area (Å²) in [6.45, 7) is 8.16. The molecule has 0 aromatic carbocycles. The first kappa shape index (κ1) is 14.9. The normalized spacial score (nSPS) is 13.5. The molecule has 0 saturated carbocycles. The first-order chi connectivity index (χ1) is 9.38. The summed E-state index contributed by atoms with van der Waals surface area (Å²) >= 11 is 1.38. The highest BCUT2D eigenvalue weighted by Gasteiger charge is 2.31. The van der Waals surface area contributed by atoms with E-state index in [4.69, 9.17) is 9.26 Å². The second kappa shape index (κ2) is 5.49. The van der Waals surface area contributed by atoms with Gasteiger partial charge in [-0.1, -0.05) is 25.9 Å². The van der Waals surface area contributed by atoms with Crippen LogP contribution in [-0.4, -0.2) is 28.7 Å². The van der Waals surface area contributed by atoms with Gasteiger partial charge in [-0.2, -0.15) is 9.36 Å². The third kappa shape index (κ3) is 2.69. The Hall–Kier alpha value is -1.47. The Balaban J connectivity index is 2.40. The molecule has 0 fully saturated rings. The molecule has 20 heavy (non-hydrogen) atoms. The van der Waals surface area contributed by atoms with Crippen molar-refractivity contribution in [1.29, 1.82) is 0 Å². The number of rotatable bonds is 4. The van der Waals surface area contributed by atoms with Crippen molar-refractivity contribution in [2.45, 2.75) is 33.8 Å². The van der Waals surface area contributed by atoms with E-state index in [-0.39, 0.29) is 11.5 Å². The Morgan fingerprint density at radius 3 is 2.60 bits per heavy atom. The summed E-state index contributed by atoms with van der Waals surface area (Å²) in [7, 11) is 3.50. The second-order valence-electron chi connectivity index (χ2n) is 5.66. The van der Waals surface area contributed by atoms with Crippen LogP contribution in [0.2, 0.25) is 0 Å². The molecule has 6 nitrogen and oxygen atoms in total. The summed E-state index contributed by atoms with van der Waals surface area (Å²) in [5.41, 5.74) is 1.63. The van der Waals surface area contributed by atoms with Crippen molar-refractivity contribution in [1.82, 2.24) is 14.5 Å². The van der Waals surface area contributed by atoms with Crippen LogP contribution in [0.4, 0.5) is 5.00 Å². The fourth-order valence-corrected chi connectivity index (χ4v) is 2.82. The number of hydrogen-bond donors (Lipinski definition) is 1. The summed E-state index contributed by atoms with van der Waals surface area (Å²) in [6.07, 6.45) is -0.218. The van der Waals surface area contributed by atoms with Gasteiger partial charge < -0.3 is 14.6 Å². The fourth-order valence-electron chi connectivity index (χ4n) is 2.08. The number of aryl methyl sites for hydroxylation is 1. The topological polar surface area (TPSA) is 73.1 Å². The molecule has 0 radical (unpaired) electrons. The van der Waals surface area contributed by atoms with Crippen molar-refractivity contribution in [3.05, 3.63) is 11.5 Å². The summed E-state index contributed by atoms with van der Waals surface area (Å²) < 4.78 is 15.2. The van der Waals surface area contributed by atoms with E-state index < -0.39 is 0 Å². The molecule has 0 saturated heterocycles. The maximum Gasteiger partial charge on any atom is 0.262 e. The molecule has 0 aliphatic carbocycles. The van der Waals surface area contributed by atoms with E-state index in [1.54, 1.807) is 7.11 Å². The van der Waals surface area contributed by atoms with Crippen molar-refractivity contribution in [2.24, 2.45) is 5.41 Å². The van der Waals surface area contributed by atoms with Crippen molar-refractivity contribution in [3.8, 4) is 11.5 Å². The lowest BCUT2D eigenvalue weighted by Crippen LogP contribution is -2.21. The average Bonchev–Trinajstić information content (AvgIpc) is 2.94. The van der Waals surface area contributed by atoms with Gasteiger partial charge in [-0.25, -0.2) is 0 Å². The summed E-state index contributed by atoms with van der Waals surface area (Å²) in [5.74, 6) is 1.03. The largest absolute Gasteiger partial charge is 0.378 e. The van der Waals surface area contributed by atoms with Crippen molar-refractivity contribution < 1.29 is 9.26 Å². The molecular weight excluding hydrogens is 276 g/mol. The third-order valence-electron chi connectivity index (χ3n) is 3.00. The predicted octanol–water partition coefficient (Wildman–Crippen LogP) is 3.28. The molecule has 0 aliphatic rings. The summed E-state index contributed by atoms with van der Waals surface area (Å²) in [5, 5.41) is 8.08. The van der Waals surface area contributed by atoms with Crippen LogP contribution < -0.4 is 5.32 Å². The van der Waals surface area contributed by atoms with Gasteiger partial charge in [0.25, 0.3) is 5.89 Å². The van der Waals surface area contributed by atoms with Crippen LogP contribution in [0, 0.1) is 12.3 Å². The first-order valence-corrected chi connectivity index (χ1v) is 7.16. The molecule has 0 aliphatic heterocycles. The molecular formula is C13H20N4O2S. The monoisotopic (exact) mass is 296 g/mol. The van der Waals surface area contributed by atoms with Crippen LogP contribution in [-0.2, 0) is 4.74 Å². The molecule has 0 amide bonds. The van der Waals surface area contributed by atoms with Gasteiger partial charge in [0.2, 0.25) is 5.82 Å². The lowest BCUT2D eigenvalue weighted by molar-refractivity contribution is 0.00718.